The largest absolute Gasteiger partial charge is 0.465 e. The summed E-state index contributed by atoms with van der Waals surface area (Å²) < 4.78 is 19.0. The van der Waals surface area contributed by atoms with Gasteiger partial charge in [0.15, 0.2) is 5.13 Å². The maximum Gasteiger partial charge on any atom is 0.339 e. The van der Waals surface area contributed by atoms with Crippen LogP contribution in [0.25, 0.3) is 10.2 Å². The molecule has 1 amide bonds. The average molecular weight is 413 g/mol. The normalized spacial score (nSPS) is 16.6. The van der Waals surface area contributed by atoms with E-state index in [1.165, 1.54) is 30.6 Å². The lowest BCUT2D eigenvalue weighted by molar-refractivity contribution is -0.120. The van der Waals surface area contributed by atoms with E-state index in [4.69, 9.17) is 4.74 Å². The molecule has 8 heteroatoms. The zero-order valence-electron chi connectivity index (χ0n) is 15.9. The van der Waals surface area contributed by atoms with Gasteiger partial charge in [-0.15, -0.1) is 0 Å². The molecule has 29 heavy (non-hydrogen) atoms. The highest BCUT2D eigenvalue weighted by Gasteiger charge is 2.28. The molecule has 2 aromatic carbocycles. The minimum Gasteiger partial charge on any atom is -0.465 e. The number of hydrogen-bond donors (Lipinski definition) is 1. The number of esters is 1. The van der Waals surface area contributed by atoms with Crippen LogP contribution in [0.4, 0.5) is 15.2 Å². The zero-order valence-corrected chi connectivity index (χ0v) is 16.7. The molecule has 150 valence electrons. The number of piperidine rings is 1. The molecular formula is C21H20FN3O3S. The van der Waals surface area contributed by atoms with E-state index in [-0.39, 0.29) is 17.6 Å². The van der Waals surface area contributed by atoms with E-state index in [1.807, 2.05) is 0 Å². The number of rotatable bonds is 4. The fourth-order valence-electron chi connectivity index (χ4n) is 3.50. The van der Waals surface area contributed by atoms with E-state index in [2.05, 4.69) is 15.2 Å². The Kier molecular flexibility index (Phi) is 5.44. The molecule has 3 aromatic rings. The number of nitrogens with one attached hydrogen (secondary N) is 1. The Hall–Kier alpha value is -3.00. The third kappa shape index (κ3) is 4.07. The van der Waals surface area contributed by atoms with Crippen LogP contribution in [0.3, 0.4) is 0 Å². The van der Waals surface area contributed by atoms with E-state index < -0.39 is 5.97 Å². The third-order valence-electron chi connectivity index (χ3n) is 4.99. The van der Waals surface area contributed by atoms with Crippen LogP contribution in [0.1, 0.15) is 23.2 Å². The Bertz CT molecular complexity index is 1070. The molecule has 1 aromatic heterocycles. The first kappa shape index (κ1) is 19.3. The van der Waals surface area contributed by atoms with Crippen LogP contribution in [0.15, 0.2) is 42.5 Å². The second-order valence-electron chi connectivity index (χ2n) is 6.92. The van der Waals surface area contributed by atoms with Gasteiger partial charge in [-0.25, -0.2) is 14.2 Å². The lowest BCUT2D eigenvalue weighted by Gasteiger charge is -2.31. The van der Waals surface area contributed by atoms with Gasteiger partial charge in [0.1, 0.15) is 5.82 Å². The smallest absolute Gasteiger partial charge is 0.339 e. The van der Waals surface area contributed by atoms with Crippen molar-refractivity contribution in [2.24, 2.45) is 5.92 Å². The monoisotopic (exact) mass is 413 g/mol. The van der Waals surface area contributed by atoms with Gasteiger partial charge in [0, 0.05) is 13.1 Å². The predicted molar refractivity (Wildman–Crippen MR) is 111 cm³/mol. The van der Waals surface area contributed by atoms with Crippen LogP contribution in [0.5, 0.6) is 0 Å². The number of methoxy groups -OCH3 is 1. The number of aromatic nitrogens is 1. The molecule has 1 aliphatic heterocycles. The van der Waals surface area contributed by atoms with Crippen LogP contribution in [0, 0.1) is 11.7 Å². The number of anilines is 2. The number of amides is 1. The highest BCUT2D eigenvalue weighted by atomic mass is 32.1. The van der Waals surface area contributed by atoms with Gasteiger partial charge in [0.2, 0.25) is 5.91 Å². The number of fused-ring (bicyclic) bond motifs is 1. The predicted octanol–water partition coefficient (Wildman–Crippen LogP) is 4.08. The second kappa shape index (κ2) is 8.16. The van der Waals surface area contributed by atoms with Crippen molar-refractivity contribution in [1.82, 2.24) is 4.98 Å². The minimum atomic E-state index is -0.493. The Balaban J connectivity index is 1.49. The summed E-state index contributed by atoms with van der Waals surface area (Å²) in [6, 6.07) is 11.3. The fourth-order valence-corrected chi connectivity index (χ4v) is 4.53. The van der Waals surface area contributed by atoms with Crippen molar-refractivity contribution in [3.05, 3.63) is 53.8 Å². The number of carbonyl (C=O) groups excluding carboxylic acids is 2. The van der Waals surface area contributed by atoms with Crippen LogP contribution in [-0.2, 0) is 9.53 Å². The second-order valence-corrected chi connectivity index (χ2v) is 7.93. The van der Waals surface area contributed by atoms with Crippen molar-refractivity contribution in [1.29, 1.82) is 0 Å². The maximum atomic E-state index is 13.5. The molecule has 1 saturated heterocycles. The molecule has 1 N–H and O–H groups in total. The molecule has 0 radical (unpaired) electrons. The third-order valence-corrected chi connectivity index (χ3v) is 6.07. The minimum absolute atomic E-state index is 0.141. The Labute approximate surface area is 171 Å². The van der Waals surface area contributed by atoms with Gasteiger partial charge in [0.25, 0.3) is 0 Å². The molecule has 4 rings (SSSR count). The standard InChI is InChI=1S/C21H20FN3O3S/c1-28-20(27)15-6-2-3-7-16(15)23-19(26)13-5-4-10-25(12-13)21-24-17-9-8-14(22)11-18(17)29-21/h2-3,6-9,11,13H,4-5,10,12H2,1H3,(H,23,26). The first-order valence-corrected chi connectivity index (χ1v) is 10.2. The molecule has 1 unspecified atom stereocenters. The number of ether oxygens (including phenoxy) is 1. The van der Waals surface area contributed by atoms with Crippen molar-refractivity contribution in [2.45, 2.75) is 12.8 Å². The number of benzene rings is 2. The van der Waals surface area contributed by atoms with Crippen molar-refractivity contribution in [3.8, 4) is 0 Å². The van der Waals surface area contributed by atoms with Gasteiger partial charge in [-0.3, -0.25) is 4.79 Å². The van der Waals surface area contributed by atoms with Crippen molar-refractivity contribution >= 4 is 44.2 Å². The number of thiazole rings is 1. The lowest BCUT2D eigenvalue weighted by atomic mass is 9.97. The van der Waals surface area contributed by atoms with E-state index in [0.29, 0.717) is 17.8 Å². The van der Waals surface area contributed by atoms with Crippen molar-refractivity contribution in [2.75, 3.05) is 30.4 Å². The summed E-state index contributed by atoms with van der Waals surface area (Å²) in [6.45, 7) is 1.32. The fraction of sp³-hybridized carbons (Fsp3) is 0.286. The summed E-state index contributed by atoms with van der Waals surface area (Å²) in [4.78, 5) is 31.5. The molecule has 1 atom stereocenters. The lowest BCUT2D eigenvalue weighted by Crippen LogP contribution is -2.40. The summed E-state index contributed by atoms with van der Waals surface area (Å²) in [7, 11) is 1.31. The summed E-state index contributed by atoms with van der Waals surface area (Å²) in [5, 5.41) is 3.66. The first-order valence-electron chi connectivity index (χ1n) is 9.34. The number of hydrogen-bond acceptors (Lipinski definition) is 6. The average Bonchev–Trinajstić information content (AvgIpc) is 3.17. The summed E-state index contributed by atoms with van der Waals surface area (Å²) in [6.07, 6.45) is 1.60. The van der Waals surface area contributed by atoms with Crippen LogP contribution < -0.4 is 10.2 Å². The molecule has 0 aliphatic carbocycles. The topological polar surface area (TPSA) is 71.5 Å². The highest BCUT2D eigenvalue weighted by molar-refractivity contribution is 7.22. The molecule has 0 bridgehead atoms. The van der Waals surface area contributed by atoms with Crippen molar-refractivity contribution < 1.29 is 18.7 Å². The van der Waals surface area contributed by atoms with Gasteiger partial charge in [-0.05, 0) is 43.2 Å². The molecule has 0 saturated carbocycles. The van der Waals surface area contributed by atoms with E-state index in [0.717, 1.165) is 34.7 Å². The SMILES string of the molecule is COC(=O)c1ccccc1NC(=O)C1CCCN(c2nc3ccc(F)cc3s2)C1. The zero-order chi connectivity index (χ0) is 20.4. The number of nitrogens with zero attached hydrogens (tertiary/aromatic N) is 2. The molecule has 2 heterocycles. The number of halogens is 1. The van der Waals surface area contributed by atoms with Crippen LogP contribution >= 0.6 is 11.3 Å². The van der Waals surface area contributed by atoms with E-state index in [1.54, 1.807) is 30.3 Å². The molecular weight excluding hydrogens is 393 g/mol. The Morgan fingerprint density at radius 2 is 2.10 bits per heavy atom. The summed E-state index contributed by atoms with van der Waals surface area (Å²) >= 11 is 1.43. The number of carbonyl (C=O) groups is 2. The van der Waals surface area contributed by atoms with E-state index >= 15 is 0 Å². The van der Waals surface area contributed by atoms with Gasteiger partial charge in [-0.2, -0.15) is 0 Å². The quantitative estimate of drug-likeness (QED) is 0.653. The van der Waals surface area contributed by atoms with Crippen LogP contribution in [0.2, 0.25) is 0 Å². The Morgan fingerprint density at radius 1 is 1.28 bits per heavy atom. The van der Waals surface area contributed by atoms with Gasteiger partial charge < -0.3 is 15.0 Å². The number of para-hydroxylation sites is 1. The first-order chi connectivity index (χ1) is 14.0. The van der Waals surface area contributed by atoms with E-state index in [9.17, 15) is 14.0 Å². The molecule has 1 aliphatic rings. The maximum absolute atomic E-state index is 13.5. The summed E-state index contributed by atoms with van der Waals surface area (Å²) in [5.74, 6) is -1.16. The Morgan fingerprint density at radius 3 is 2.93 bits per heavy atom. The van der Waals surface area contributed by atoms with Crippen LogP contribution in [-0.4, -0.2) is 37.1 Å². The molecule has 0 spiro atoms. The van der Waals surface area contributed by atoms with Gasteiger partial charge in [-0.1, -0.05) is 23.5 Å². The van der Waals surface area contributed by atoms with Crippen molar-refractivity contribution in [3.63, 3.8) is 0 Å². The van der Waals surface area contributed by atoms with Gasteiger partial charge >= 0.3 is 5.97 Å². The highest BCUT2D eigenvalue weighted by Crippen LogP contribution is 2.32. The van der Waals surface area contributed by atoms with Gasteiger partial charge in [0.05, 0.1) is 34.5 Å². The molecule has 1 fully saturated rings. The summed E-state index contributed by atoms with van der Waals surface area (Å²) in [5.41, 5.74) is 1.52. The molecule has 6 nitrogen and oxygen atoms in total.